The molecule has 3 aromatic rings. The first-order valence-corrected chi connectivity index (χ1v) is 10.9. The number of aromatic nitrogens is 2. The molecule has 2 aromatic heterocycles. The molecule has 5 nitrogen and oxygen atoms in total. The molecule has 6 heteroatoms. The van der Waals surface area contributed by atoms with E-state index < -0.39 is 6.10 Å². The van der Waals surface area contributed by atoms with Crippen molar-refractivity contribution in [1.29, 1.82) is 0 Å². The number of thiophene rings is 1. The van der Waals surface area contributed by atoms with Gasteiger partial charge in [0.15, 0.2) is 0 Å². The summed E-state index contributed by atoms with van der Waals surface area (Å²) < 4.78 is 0. The van der Waals surface area contributed by atoms with Crippen molar-refractivity contribution >= 4 is 21.6 Å². The third-order valence-corrected chi connectivity index (χ3v) is 6.66. The monoisotopic (exact) mass is 397 g/mol. The smallest absolute Gasteiger partial charge is 0.259 e. The Labute approximate surface area is 169 Å². The molecule has 1 atom stereocenters. The van der Waals surface area contributed by atoms with E-state index in [9.17, 15) is 9.90 Å². The van der Waals surface area contributed by atoms with Gasteiger partial charge in [0.05, 0.1) is 18.0 Å². The molecule has 2 N–H and O–H groups in total. The van der Waals surface area contributed by atoms with Crippen LogP contribution in [0.1, 0.15) is 41.6 Å². The van der Waals surface area contributed by atoms with Crippen molar-refractivity contribution in [2.45, 2.75) is 51.7 Å². The average molecular weight is 398 g/mol. The summed E-state index contributed by atoms with van der Waals surface area (Å²) in [4.78, 5) is 24.8. The van der Waals surface area contributed by atoms with E-state index in [4.69, 9.17) is 4.98 Å². The van der Waals surface area contributed by atoms with Crippen LogP contribution in [0.15, 0.2) is 35.1 Å². The number of aromatic amines is 1. The number of H-pyrrole nitrogens is 1. The van der Waals surface area contributed by atoms with Crippen LogP contribution in [0.5, 0.6) is 0 Å². The number of benzene rings is 1. The predicted octanol–water partition coefficient (Wildman–Crippen LogP) is 3.29. The van der Waals surface area contributed by atoms with Crippen LogP contribution < -0.4 is 5.56 Å². The van der Waals surface area contributed by atoms with Crippen molar-refractivity contribution in [3.63, 3.8) is 0 Å². The second-order valence-electron chi connectivity index (χ2n) is 7.57. The van der Waals surface area contributed by atoms with Crippen molar-refractivity contribution in [2.24, 2.45) is 0 Å². The number of aliphatic hydroxyl groups excluding tert-OH is 1. The highest BCUT2D eigenvalue weighted by atomic mass is 32.1. The molecular weight excluding hydrogens is 370 g/mol. The fourth-order valence-electron chi connectivity index (χ4n) is 4.05. The van der Waals surface area contributed by atoms with Gasteiger partial charge in [-0.25, -0.2) is 4.98 Å². The zero-order valence-electron chi connectivity index (χ0n) is 16.3. The molecule has 0 fully saturated rings. The van der Waals surface area contributed by atoms with Gasteiger partial charge in [-0.15, -0.1) is 11.3 Å². The summed E-state index contributed by atoms with van der Waals surface area (Å²) in [6.45, 7) is 3.94. The van der Waals surface area contributed by atoms with Crippen LogP contribution in [0, 0.1) is 0 Å². The first kappa shape index (κ1) is 19.3. The van der Waals surface area contributed by atoms with E-state index in [1.165, 1.54) is 16.9 Å². The Bertz CT molecular complexity index is 996. The number of hydrogen-bond acceptors (Lipinski definition) is 5. The SMILES string of the molecule is CCN(Cc1nc2sc3c(c2c(=O)[nH]1)CCCC3)C[C@H](O)Cc1ccccc1. The molecule has 0 unspecified atom stereocenters. The minimum atomic E-state index is -0.452. The lowest BCUT2D eigenvalue weighted by atomic mass is 9.97. The molecule has 0 amide bonds. The van der Waals surface area contributed by atoms with Crippen LogP contribution in [-0.2, 0) is 25.8 Å². The van der Waals surface area contributed by atoms with E-state index in [1.54, 1.807) is 11.3 Å². The number of nitrogens with zero attached hydrogens (tertiary/aromatic N) is 2. The van der Waals surface area contributed by atoms with E-state index in [1.807, 2.05) is 30.3 Å². The van der Waals surface area contributed by atoms with Crippen LogP contribution in [0.2, 0.25) is 0 Å². The molecule has 0 saturated carbocycles. The van der Waals surface area contributed by atoms with E-state index in [0.29, 0.717) is 25.3 Å². The van der Waals surface area contributed by atoms with Gasteiger partial charge in [-0.2, -0.15) is 0 Å². The van der Waals surface area contributed by atoms with Crippen LogP contribution >= 0.6 is 11.3 Å². The largest absolute Gasteiger partial charge is 0.391 e. The highest BCUT2D eigenvalue weighted by Gasteiger charge is 2.20. The lowest BCUT2D eigenvalue weighted by Crippen LogP contribution is -2.34. The maximum Gasteiger partial charge on any atom is 0.259 e. The van der Waals surface area contributed by atoms with Gasteiger partial charge < -0.3 is 10.1 Å². The van der Waals surface area contributed by atoms with Crippen molar-refractivity contribution in [3.05, 3.63) is 62.5 Å². The number of likely N-dealkylation sites (N-methyl/N-ethyl adjacent to an activating group) is 1. The molecule has 1 aliphatic carbocycles. The zero-order chi connectivity index (χ0) is 19.5. The quantitative estimate of drug-likeness (QED) is 0.642. The maximum atomic E-state index is 12.7. The standard InChI is InChI=1S/C22H27N3O2S/c1-2-25(13-16(26)12-15-8-4-3-5-9-15)14-19-23-21(27)20-17-10-6-7-11-18(17)28-22(20)24-19/h3-5,8-9,16,26H,2,6-7,10-14H2,1H3,(H,23,24,27)/t16-/m1/s1. The Hall–Kier alpha value is -2.02. The Morgan fingerprint density at radius 2 is 2.04 bits per heavy atom. The second kappa shape index (κ2) is 8.55. The summed E-state index contributed by atoms with van der Waals surface area (Å²) in [6.07, 6.45) is 4.59. The molecule has 1 aliphatic rings. The van der Waals surface area contributed by atoms with Crippen molar-refractivity contribution in [2.75, 3.05) is 13.1 Å². The van der Waals surface area contributed by atoms with Gasteiger partial charge in [0.25, 0.3) is 5.56 Å². The van der Waals surface area contributed by atoms with Gasteiger partial charge >= 0.3 is 0 Å². The highest BCUT2D eigenvalue weighted by Crippen LogP contribution is 2.33. The third kappa shape index (κ3) is 4.19. The van der Waals surface area contributed by atoms with Crippen molar-refractivity contribution in [1.82, 2.24) is 14.9 Å². The number of aryl methyl sites for hydroxylation is 2. The molecule has 0 aliphatic heterocycles. The minimum absolute atomic E-state index is 0.0136. The summed E-state index contributed by atoms with van der Waals surface area (Å²) >= 11 is 1.68. The molecule has 1 aromatic carbocycles. The first-order chi connectivity index (χ1) is 13.6. The summed E-state index contributed by atoms with van der Waals surface area (Å²) in [6, 6.07) is 10.0. The number of fused-ring (bicyclic) bond motifs is 3. The normalized spacial score (nSPS) is 15.1. The number of nitrogens with one attached hydrogen (secondary N) is 1. The fraction of sp³-hybridized carbons (Fsp3) is 0.455. The lowest BCUT2D eigenvalue weighted by Gasteiger charge is -2.23. The topological polar surface area (TPSA) is 69.2 Å². The summed E-state index contributed by atoms with van der Waals surface area (Å²) in [5.41, 5.74) is 2.33. The van der Waals surface area contributed by atoms with E-state index >= 15 is 0 Å². The average Bonchev–Trinajstić information content (AvgIpc) is 3.07. The number of aliphatic hydroxyl groups is 1. The molecule has 4 rings (SSSR count). The van der Waals surface area contributed by atoms with Gasteiger partial charge in [0, 0.05) is 11.4 Å². The molecule has 28 heavy (non-hydrogen) atoms. The van der Waals surface area contributed by atoms with E-state index in [-0.39, 0.29) is 5.56 Å². The summed E-state index contributed by atoms with van der Waals surface area (Å²) in [5, 5.41) is 11.3. The van der Waals surface area contributed by atoms with Crippen LogP contribution in [0.3, 0.4) is 0 Å². The van der Waals surface area contributed by atoms with Crippen LogP contribution in [-0.4, -0.2) is 39.2 Å². The molecule has 148 valence electrons. The van der Waals surface area contributed by atoms with E-state index in [2.05, 4.69) is 16.8 Å². The lowest BCUT2D eigenvalue weighted by molar-refractivity contribution is 0.110. The van der Waals surface area contributed by atoms with Crippen LogP contribution in [0.25, 0.3) is 10.2 Å². The van der Waals surface area contributed by atoms with Crippen molar-refractivity contribution < 1.29 is 5.11 Å². The molecule has 0 bridgehead atoms. The summed E-state index contributed by atoms with van der Waals surface area (Å²) in [7, 11) is 0. The van der Waals surface area contributed by atoms with Gasteiger partial charge in [-0.1, -0.05) is 37.3 Å². The Balaban J connectivity index is 1.49. The van der Waals surface area contributed by atoms with Gasteiger partial charge in [0.2, 0.25) is 0 Å². The molecule has 2 heterocycles. The predicted molar refractivity (Wildman–Crippen MR) is 114 cm³/mol. The number of hydrogen-bond donors (Lipinski definition) is 2. The Kier molecular flexibility index (Phi) is 5.90. The second-order valence-corrected chi connectivity index (χ2v) is 8.66. The summed E-state index contributed by atoms with van der Waals surface area (Å²) in [5.74, 6) is 0.685. The maximum absolute atomic E-state index is 12.7. The molecule has 0 radical (unpaired) electrons. The molecular formula is C22H27N3O2S. The van der Waals surface area contributed by atoms with Gasteiger partial charge in [-0.05, 0) is 49.8 Å². The fourth-order valence-corrected chi connectivity index (χ4v) is 5.33. The first-order valence-electron chi connectivity index (χ1n) is 10.1. The van der Waals surface area contributed by atoms with Crippen molar-refractivity contribution in [3.8, 4) is 0 Å². The minimum Gasteiger partial charge on any atom is -0.391 e. The van der Waals surface area contributed by atoms with E-state index in [0.717, 1.165) is 41.6 Å². The Morgan fingerprint density at radius 1 is 1.25 bits per heavy atom. The molecule has 0 spiro atoms. The Morgan fingerprint density at radius 3 is 2.82 bits per heavy atom. The zero-order valence-corrected chi connectivity index (χ0v) is 17.1. The van der Waals surface area contributed by atoms with Crippen LogP contribution in [0.4, 0.5) is 0 Å². The van der Waals surface area contributed by atoms with Gasteiger partial charge in [0.1, 0.15) is 10.7 Å². The number of rotatable bonds is 7. The highest BCUT2D eigenvalue weighted by molar-refractivity contribution is 7.18. The third-order valence-electron chi connectivity index (χ3n) is 5.48. The molecule has 0 saturated heterocycles. The van der Waals surface area contributed by atoms with Gasteiger partial charge in [-0.3, -0.25) is 9.69 Å².